The van der Waals surface area contributed by atoms with Gasteiger partial charge in [-0.15, -0.1) is 0 Å². The lowest BCUT2D eigenvalue weighted by Crippen LogP contribution is -2.14. The van der Waals surface area contributed by atoms with Gasteiger partial charge in [0.1, 0.15) is 18.1 Å². The molecule has 2 aromatic carbocycles. The van der Waals surface area contributed by atoms with Gasteiger partial charge in [-0.3, -0.25) is 9.78 Å². The SMILES string of the molecule is Cc1noc(C)c1COc1ccc(CC(=O)Nc2ccc(C)c3ncccc23)cc1. The number of benzene rings is 2. The van der Waals surface area contributed by atoms with Crippen LogP contribution in [0.25, 0.3) is 10.9 Å². The third-order valence-electron chi connectivity index (χ3n) is 5.10. The lowest BCUT2D eigenvalue weighted by molar-refractivity contribution is -0.115. The molecule has 2 aromatic heterocycles. The summed E-state index contributed by atoms with van der Waals surface area (Å²) >= 11 is 0. The Hall–Kier alpha value is -3.67. The van der Waals surface area contributed by atoms with Crippen molar-refractivity contribution in [2.24, 2.45) is 0 Å². The highest BCUT2D eigenvalue weighted by atomic mass is 16.5. The van der Waals surface area contributed by atoms with Crippen molar-refractivity contribution in [1.82, 2.24) is 10.1 Å². The Bertz CT molecular complexity index is 1180. The smallest absolute Gasteiger partial charge is 0.228 e. The molecule has 1 N–H and O–H groups in total. The molecule has 30 heavy (non-hydrogen) atoms. The maximum atomic E-state index is 12.6. The molecular weight excluding hydrogens is 378 g/mol. The first-order chi connectivity index (χ1) is 14.5. The number of fused-ring (bicyclic) bond motifs is 1. The van der Waals surface area contributed by atoms with Gasteiger partial charge < -0.3 is 14.6 Å². The number of aromatic nitrogens is 2. The number of nitrogens with one attached hydrogen (secondary N) is 1. The van der Waals surface area contributed by atoms with Crippen molar-refractivity contribution >= 4 is 22.5 Å². The molecule has 0 fully saturated rings. The highest BCUT2D eigenvalue weighted by molar-refractivity contribution is 6.02. The second-order valence-electron chi connectivity index (χ2n) is 7.29. The van der Waals surface area contributed by atoms with Gasteiger partial charge in [0.25, 0.3) is 0 Å². The van der Waals surface area contributed by atoms with Crippen LogP contribution in [0.2, 0.25) is 0 Å². The molecule has 0 spiro atoms. The van der Waals surface area contributed by atoms with Gasteiger partial charge in [0.15, 0.2) is 0 Å². The fourth-order valence-corrected chi connectivity index (χ4v) is 3.37. The van der Waals surface area contributed by atoms with Crippen molar-refractivity contribution in [2.45, 2.75) is 33.8 Å². The Morgan fingerprint density at radius 1 is 1.07 bits per heavy atom. The number of anilines is 1. The molecule has 0 unspecified atom stereocenters. The molecule has 0 saturated heterocycles. The standard InChI is InChI=1S/C24H23N3O3/c1-15-6-11-22(20-5-4-12-25-24(15)20)26-23(28)13-18-7-9-19(10-8-18)29-14-21-16(2)27-30-17(21)3/h4-12H,13-14H2,1-3H3,(H,26,28). The first-order valence-corrected chi connectivity index (χ1v) is 9.79. The minimum absolute atomic E-state index is 0.0756. The summed E-state index contributed by atoms with van der Waals surface area (Å²) < 4.78 is 11.0. The molecule has 0 bridgehead atoms. The molecule has 6 nitrogen and oxygen atoms in total. The van der Waals surface area contributed by atoms with Crippen molar-refractivity contribution in [2.75, 3.05) is 5.32 Å². The summed E-state index contributed by atoms with van der Waals surface area (Å²) in [5.41, 5.74) is 5.45. The van der Waals surface area contributed by atoms with Crippen molar-refractivity contribution in [3.05, 3.63) is 82.9 Å². The molecule has 0 aliphatic heterocycles. The van der Waals surface area contributed by atoms with E-state index in [0.29, 0.717) is 6.61 Å². The van der Waals surface area contributed by atoms with Crippen LogP contribution in [0.4, 0.5) is 5.69 Å². The van der Waals surface area contributed by atoms with Crippen LogP contribution < -0.4 is 10.1 Å². The number of nitrogens with zero attached hydrogens (tertiary/aromatic N) is 2. The van der Waals surface area contributed by atoms with Crippen LogP contribution >= 0.6 is 0 Å². The second kappa shape index (κ2) is 8.37. The molecule has 1 amide bonds. The van der Waals surface area contributed by atoms with E-state index in [-0.39, 0.29) is 12.3 Å². The largest absolute Gasteiger partial charge is 0.489 e. The molecular formula is C24H23N3O3. The highest BCUT2D eigenvalue weighted by Gasteiger charge is 2.11. The molecule has 2 heterocycles. The van der Waals surface area contributed by atoms with Crippen LogP contribution in [-0.2, 0) is 17.8 Å². The van der Waals surface area contributed by atoms with Gasteiger partial charge in [-0.25, -0.2) is 0 Å². The van der Waals surface area contributed by atoms with E-state index in [2.05, 4.69) is 15.5 Å². The minimum Gasteiger partial charge on any atom is -0.489 e. The predicted octanol–water partition coefficient (Wildman–Crippen LogP) is 4.91. The Morgan fingerprint density at radius 2 is 1.87 bits per heavy atom. The highest BCUT2D eigenvalue weighted by Crippen LogP contribution is 2.25. The zero-order chi connectivity index (χ0) is 21.1. The number of aryl methyl sites for hydroxylation is 3. The maximum absolute atomic E-state index is 12.6. The molecule has 4 aromatic rings. The van der Waals surface area contributed by atoms with Gasteiger partial charge in [0.2, 0.25) is 5.91 Å². The Balaban J connectivity index is 1.39. The minimum atomic E-state index is -0.0756. The summed E-state index contributed by atoms with van der Waals surface area (Å²) in [4.78, 5) is 17.0. The van der Waals surface area contributed by atoms with E-state index in [1.54, 1.807) is 6.20 Å². The van der Waals surface area contributed by atoms with Gasteiger partial charge in [0, 0.05) is 11.6 Å². The van der Waals surface area contributed by atoms with Crippen LogP contribution in [0.1, 0.15) is 28.1 Å². The third kappa shape index (κ3) is 4.17. The molecule has 0 radical (unpaired) electrons. The number of carbonyl (C=O) groups is 1. The molecule has 0 saturated carbocycles. The number of pyridine rings is 1. The normalized spacial score (nSPS) is 10.9. The van der Waals surface area contributed by atoms with E-state index in [1.807, 2.05) is 69.3 Å². The van der Waals surface area contributed by atoms with Gasteiger partial charge in [-0.05, 0) is 62.2 Å². The molecule has 152 valence electrons. The van der Waals surface area contributed by atoms with E-state index in [9.17, 15) is 4.79 Å². The number of rotatable bonds is 6. The van der Waals surface area contributed by atoms with E-state index in [1.165, 1.54) is 0 Å². The zero-order valence-corrected chi connectivity index (χ0v) is 17.2. The number of carbonyl (C=O) groups excluding carboxylic acids is 1. The predicted molar refractivity (Wildman–Crippen MR) is 116 cm³/mol. The maximum Gasteiger partial charge on any atom is 0.228 e. The van der Waals surface area contributed by atoms with E-state index >= 15 is 0 Å². The molecule has 4 rings (SSSR count). The van der Waals surface area contributed by atoms with Crippen molar-refractivity contribution in [1.29, 1.82) is 0 Å². The molecule has 6 heteroatoms. The van der Waals surface area contributed by atoms with Crippen molar-refractivity contribution < 1.29 is 14.1 Å². The topological polar surface area (TPSA) is 77.2 Å². The van der Waals surface area contributed by atoms with Crippen LogP contribution in [0, 0.1) is 20.8 Å². The number of ether oxygens (including phenoxy) is 1. The number of amides is 1. The lowest BCUT2D eigenvalue weighted by atomic mass is 10.1. The zero-order valence-electron chi connectivity index (χ0n) is 17.2. The summed E-state index contributed by atoms with van der Waals surface area (Å²) in [6.45, 7) is 6.17. The summed E-state index contributed by atoms with van der Waals surface area (Å²) in [5.74, 6) is 1.42. The Kier molecular flexibility index (Phi) is 5.48. The average molecular weight is 401 g/mol. The molecule has 0 atom stereocenters. The van der Waals surface area contributed by atoms with Crippen molar-refractivity contribution in [3.8, 4) is 5.75 Å². The van der Waals surface area contributed by atoms with Gasteiger partial charge >= 0.3 is 0 Å². The van der Waals surface area contributed by atoms with Crippen LogP contribution in [0.15, 0.2) is 59.3 Å². The van der Waals surface area contributed by atoms with Crippen molar-refractivity contribution in [3.63, 3.8) is 0 Å². The fourth-order valence-electron chi connectivity index (χ4n) is 3.37. The monoisotopic (exact) mass is 401 g/mol. The Labute approximate surface area is 174 Å². The van der Waals surface area contributed by atoms with E-state index < -0.39 is 0 Å². The summed E-state index contributed by atoms with van der Waals surface area (Å²) in [6, 6.07) is 15.3. The molecule has 0 aliphatic rings. The van der Waals surface area contributed by atoms with Gasteiger partial charge in [-0.1, -0.05) is 23.4 Å². The van der Waals surface area contributed by atoms with Crippen LogP contribution in [0.3, 0.4) is 0 Å². The van der Waals surface area contributed by atoms with E-state index in [4.69, 9.17) is 9.26 Å². The average Bonchev–Trinajstić information content (AvgIpc) is 3.07. The van der Waals surface area contributed by atoms with Gasteiger partial charge in [0.05, 0.1) is 28.9 Å². The lowest BCUT2D eigenvalue weighted by Gasteiger charge is -2.10. The first-order valence-electron chi connectivity index (χ1n) is 9.79. The van der Waals surface area contributed by atoms with E-state index in [0.717, 1.165) is 50.5 Å². The van der Waals surface area contributed by atoms with Crippen LogP contribution in [-0.4, -0.2) is 16.0 Å². The summed E-state index contributed by atoms with van der Waals surface area (Å²) in [5, 5.41) is 7.87. The van der Waals surface area contributed by atoms with Crippen LogP contribution in [0.5, 0.6) is 5.75 Å². The van der Waals surface area contributed by atoms with Gasteiger partial charge in [-0.2, -0.15) is 0 Å². The molecule has 0 aliphatic carbocycles. The summed E-state index contributed by atoms with van der Waals surface area (Å²) in [6.07, 6.45) is 2.04. The quantitative estimate of drug-likeness (QED) is 0.497. The fraction of sp³-hybridized carbons (Fsp3) is 0.208. The Morgan fingerprint density at radius 3 is 2.60 bits per heavy atom. The number of hydrogen-bond donors (Lipinski definition) is 1. The first kappa shape index (κ1) is 19.6. The number of hydrogen-bond acceptors (Lipinski definition) is 5. The second-order valence-corrected chi connectivity index (χ2v) is 7.29. The summed E-state index contributed by atoms with van der Waals surface area (Å²) in [7, 11) is 0. The third-order valence-corrected chi connectivity index (χ3v) is 5.10.